The highest BCUT2D eigenvalue weighted by molar-refractivity contribution is 5.73. The highest BCUT2D eigenvalue weighted by Gasteiger charge is 2.28. The molecule has 26 heavy (non-hydrogen) atoms. The molecule has 2 unspecified atom stereocenters. The molecule has 0 N–H and O–H groups in total. The highest BCUT2D eigenvalue weighted by Crippen LogP contribution is 2.28. The van der Waals surface area contributed by atoms with E-state index in [-0.39, 0.29) is 36.0 Å². The zero-order valence-electron chi connectivity index (χ0n) is 15.7. The van der Waals surface area contributed by atoms with Crippen LogP contribution in [0.15, 0.2) is 0 Å². The van der Waals surface area contributed by atoms with E-state index in [1.54, 1.807) is 0 Å². The first kappa shape index (κ1) is 19.6. The van der Waals surface area contributed by atoms with Crippen LogP contribution in [0.1, 0.15) is 64.2 Å². The normalized spacial score (nSPS) is 26.6. The molecule has 3 aliphatic rings. The maximum Gasteiger partial charge on any atom is 0.309 e. The van der Waals surface area contributed by atoms with E-state index in [9.17, 15) is 9.59 Å². The first-order valence-corrected chi connectivity index (χ1v) is 10.3. The van der Waals surface area contributed by atoms with E-state index in [2.05, 4.69) is 0 Å². The Morgan fingerprint density at radius 1 is 0.615 bits per heavy atom. The van der Waals surface area contributed by atoms with Crippen molar-refractivity contribution in [1.29, 1.82) is 0 Å². The van der Waals surface area contributed by atoms with Gasteiger partial charge in [0.15, 0.2) is 0 Å². The van der Waals surface area contributed by atoms with Gasteiger partial charge in [-0.25, -0.2) is 0 Å². The molecular weight excluding hydrogens is 336 g/mol. The predicted molar refractivity (Wildman–Crippen MR) is 94.5 cm³/mol. The fourth-order valence-electron chi connectivity index (χ4n) is 3.64. The molecule has 0 aromatic carbocycles. The Hall–Kier alpha value is -1.14. The molecule has 6 heteroatoms. The van der Waals surface area contributed by atoms with Gasteiger partial charge in [-0.1, -0.05) is 12.8 Å². The number of ether oxygens (including phenoxy) is 4. The maximum absolute atomic E-state index is 11.7. The van der Waals surface area contributed by atoms with Crippen molar-refractivity contribution >= 4 is 11.9 Å². The summed E-state index contributed by atoms with van der Waals surface area (Å²) >= 11 is 0. The number of rotatable bonds is 10. The topological polar surface area (TPSA) is 71.1 Å². The van der Waals surface area contributed by atoms with Gasteiger partial charge in [0, 0.05) is 0 Å². The van der Waals surface area contributed by atoms with Crippen LogP contribution in [-0.4, -0.2) is 50.6 Å². The molecule has 0 amide bonds. The Morgan fingerprint density at radius 3 is 1.42 bits per heavy atom. The number of esters is 2. The third-order valence-corrected chi connectivity index (χ3v) is 5.82. The van der Waals surface area contributed by atoms with Crippen molar-refractivity contribution in [3.63, 3.8) is 0 Å². The van der Waals surface area contributed by atoms with Crippen LogP contribution in [0, 0.1) is 11.8 Å². The average molecular weight is 368 g/mol. The molecule has 3 fully saturated rings. The summed E-state index contributed by atoms with van der Waals surface area (Å²) in [4.78, 5) is 23.3. The van der Waals surface area contributed by atoms with E-state index < -0.39 is 0 Å². The number of carbonyl (C=O) groups excluding carboxylic acids is 2. The van der Waals surface area contributed by atoms with Crippen molar-refractivity contribution < 1.29 is 28.5 Å². The van der Waals surface area contributed by atoms with Crippen molar-refractivity contribution in [2.24, 2.45) is 11.8 Å². The van der Waals surface area contributed by atoms with Crippen LogP contribution in [0.4, 0.5) is 0 Å². The second-order valence-electron chi connectivity index (χ2n) is 7.74. The molecule has 2 atom stereocenters. The second kappa shape index (κ2) is 10.3. The fraction of sp³-hybridized carbons (Fsp3) is 0.900. The quantitative estimate of drug-likeness (QED) is 0.436. The molecule has 0 heterocycles. The molecule has 0 bridgehead atoms. The molecule has 3 saturated carbocycles. The lowest BCUT2D eigenvalue weighted by Gasteiger charge is -2.29. The molecule has 3 aliphatic carbocycles. The summed E-state index contributed by atoms with van der Waals surface area (Å²) in [6.07, 6.45) is 10.4. The Balaban J connectivity index is 1.20. The number of hydrogen-bond acceptors (Lipinski definition) is 6. The van der Waals surface area contributed by atoms with Gasteiger partial charge in [0.05, 0.1) is 37.3 Å². The third kappa shape index (κ3) is 5.95. The zero-order chi connectivity index (χ0) is 18.2. The van der Waals surface area contributed by atoms with Crippen LogP contribution >= 0.6 is 0 Å². The van der Waals surface area contributed by atoms with Gasteiger partial charge >= 0.3 is 11.9 Å². The van der Waals surface area contributed by atoms with Crippen LogP contribution in [0.3, 0.4) is 0 Å². The summed E-state index contributed by atoms with van der Waals surface area (Å²) < 4.78 is 22.2. The van der Waals surface area contributed by atoms with Gasteiger partial charge in [-0.2, -0.15) is 0 Å². The van der Waals surface area contributed by atoms with E-state index in [1.165, 1.54) is 0 Å². The first-order chi connectivity index (χ1) is 12.7. The molecule has 0 radical (unpaired) electrons. The van der Waals surface area contributed by atoms with Gasteiger partial charge in [-0.3, -0.25) is 9.59 Å². The van der Waals surface area contributed by atoms with Crippen LogP contribution in [0.25, 0.3) is 0 Å². The lowest BCUT2D eigenvalue weighted by molar-refractivity contribution is -0.154. The lowest BCUT2D eigenvalue weighted by Crippen LogP contribution is -2.31. The monoisotopic (exact) mass is 368 g/mol. The lowest BCUT2D eigenvalue weighted by atomic mass is 9.86. The van der Waals surface area contributed by atoms with Gasteiger partial charge in [0.2, 0.25) is 0 Å². The number of carbonyl (C=O) groups is 2. The van der Waals surface area contributed by atoms with Crippen LogP contribution in [-0.2, 0) is 28.5 Å². The Kier molecular flexibility index (Phi) is 7.74. The summed E-state index contributed by atoms with van der Waals surface area (Å²) in [7, 11) is 0. The van der Waals surface area contributed by atoms with E-state index in [0.717, 1.165) is 64.2 Å². The molecule has 6 nitrogen and oxygen atoms in total. The highest BCUT2D eigenvalue weighted by atomic mass is 16.6. The largest absolute Gasteiger partial charge is 0.463 e. The van der Waals surface area contributed by atoms with Crippen LogP contribution in [0.5, 0.6) is 0 Å². The molecule has 0 saturated heterocycles. The second-order valence-corrected chi connectivity index (χ2v) is 7.74. The van der Waals surface area contributed by atoms with Gasteiger partial charge in [-0.05, 0) is 51.4 Å². The third-order valence-electron chi connectivity index (χ3n) is 5.82. The van der Waals surface area contributed by atoms with E-state index in [0.29, 0.717) is 26.4 Å². The Bertz CT molecular complexity index is 417. The first-order valence-electron chi connectivity index (χ1n) is 10.3. The zero-order valence-corrected chi connectivity index (χ0v) is 15.7. The summed E-state index contributed by atoms with van der Waals surface area (Å²) in [6.45, 7) is 1.59. The van der Waals surface area contributed by atoms with Crippen LogP contribution in [0.2, 0.25) is 0 Å². The van der Waals surface area contributed by atoms with E-state index >= 15 is 0 Å². The average Bonchev–Trinajstić information content (AvgIpc) is 2.53. The molecule has 0 aromatic rings. The van der Waals surface area contributed by atoms with Crippen molar-refractivity contribution in [1.82, 2.24) is 0 Å². The number of hydrogen-bond donors (Lipinski definition) is 0. The minimum atomic E-state index is -0.0684. The predicted octanol–water partition coefficient (Wildman–Crippen LogP) is 3.02. The van der Waals surface area contributed by atoms with E-state index in [1.807, 2.05) is 0 Å². The van der Waals surface area contributed by atoms with Gasteiger partial charge in [0.1, 0.15) is 13.2 Å². The Morgan fingerprint density at radius 2 is 1.04 bits per heavy atom. The van der Waals surface area contributed by atoms with Crippen molar-refractivity contribution in [3.05, 3.63) is 0 Å². The van der Waals surface area contributed by atoms with Crippen LogP contribution < -0.4 is 0 Å². The molecular formula is C20H32O6. The summed E-state index contributed by atoms with van der Waals surface area (Å²) in [6, 6.07) is 0. The van der Waals surface area contributed by atoms with Gasteiger partial charge in [-0.15, -0.1) is 0 Å². The van der Waals surface area contributed by atoms with Crippen molar-refractivity contribution in [3.8, 4) is 0 Å². The van der Waals surface area contributed by atoms with Gasteiger partial charge in [0.25, 0.3) is 0 Å². The minimum Gasteiger partial charge on any atom is -0.463 e. The SMILES string of the molecule is O=C(OCCOC1CCCC(OCCOC(=O)C2CCC2)C1)C1CCC1. The summed E-state index contributed by atoms with van der Waals surface area (Å²) in [5, 5.41) is 0. The Labute approximate surface area is 155 Å². The molecule has 0 spiro atoms. The van der Waals surface area contributed by atoms with E-state index in [4.69, 9.17) is 18.9 Å². The standard InChI is InChI=1S/C20H32O6/c21-19(15-4-1-5-15)25-12-10-23-17-8-3-9-18(14-17)24-11-13-26-20(22)16-6-2-7-16/h15-18H,1-14H2. The molecule has 0 aromatic heterocycles. The van der Waals surface area contributed by atoms with Crippen molar-refractivity contribution in [2.75, 3.05) is 26.4 Å². The molecule has 3 rings (SSSR count). The van der Waals surface area contributed by atoms with Crippen molar-refractivity contribution in [2.45, 2.75) is 76.4 Å². The summed E-state index contributed by atoms with van der Waals surface area (Å²) in [5.74, 6) is 0.115. The summed E-state index contributed by atoms with van der Waals surface area (Å²) in [5.41, 5.74) is 0. The van der Waals surface area contributed by atoms with Gasteiger partial charge < -0.3 is 18.9 Å². The molecule has 0 aliphatic heterocycles. The fourth-order valence-corrected chi connectivity index (χ4v) is 3.64. The smallest absolute Gasteiger partial charge is 0.309 e. The minimum absolute atomic E-state index is 0.0684. The molecule has 148 valence electrons. The maximum atomic E-state index is 11.7.